The number of allylic oxidation sites excluding steroid dienone is 4. The highest BCUT2D eigenvalue weighted by molar-refractivity contribution is 5.83. The second kappa shape index (κ2) is 16.9. The van der Waals surface area contributed by atoms with E-state index in [4.69, 9.17) is 18.9 Å². The van der Waals surface area contributed by atoms with Crippen molar-refractivity contribution in [2.75, 3.05) is 14.2 Å². The first-order valence-corrected chi connectivity index (χ1v) is 21.3. The molecule has 4 aliphatic rings. The summed E-state index contributed by atoms with van der Waals surface area (Å²) < 4.78 is 110. The van der Waals surface area contributed by atoms with E-state index in [1.807, 2.05) is 20.8 Å². The van der Waals surface area contributed by atoms with Crippen molar-refractivity contribution in [2.45, 2.75) is 135 Å². The molecule has 4 aliphatic carbocycles. The van der Waals surface area contributed by atoms with Gasteiger partial charge in [0.05, 0.1) is 0 Å². The van der Waals surface area contributed by atoms with E-state index in [1.165, 1.54) is 65.3 Å². The molecule has 330 valence electrons. The van der Waals surface area contributed by atoms with Crippen molar-refractivity contribution in [3.8, 4) is 0 Å². The summed E-state index contributed by atoms with van der Waals surface area (Å²) in [6, 6.07) is 13.8. The number of carbonyl (C=O) groups excluding carboxylic acids is 2. The Bertz CT molecular complexity index is 1930. The number of rotatable bonds is 13. The molecule has 0 bridgehead atoms. The molecule has 0 N–H and O–H groups in total. The van der Waals surface area contributed by atoms with Crippen LogP contribution in [0.3, 0.4) is 0 Å². The maximum absolute atomic E-state index is 14.8. The first-order valence-electron chi connectivity index (χ1n) is 21.3. The van der Waals surface area contributed by atoms with Crippen LogP contribution < -0.4 is 0 Å². The minimum Gasteiger partial charge on any atom is -0.460 e. The number of carbonyl (C=O) groups is 2. The minimum absolute atomic E-state index is 0.00545. The smallest absolute Gasteiger partial charge is 0.432 e. The van der Waals surface area contributed by atoms with Crippen LogP contribution in [0.4, 0.5) is 26.3 Å². The Morgan fingerprint density at radius 2 is 1.30 bits per heavy atom. The molecular weight excluding hydrogens is 787 g/mol. The highest BCUT2D eigenvalue weighted by Gasteiger charge is 2.66. The predicted molar refractivity (Wildman–Crippen MR) is 215 cm³/mol. The molecule has 1 saturated carbocycles. The summed E-state index contributed by atoms with van der Waals surface area (Å²) in [6.45, 7) is 12.6. The molecule has 0 aromatic heterocycles. The van der Waals surface area contributed by atoms with E-state index >= 15 is 0 Å². The molecule has 0 spiro atoms. The van der Waals surface area contributed by atoms with Crippen molar-refractivity contribution < 1.29 is 54.9 Å². The first-order chi connectivity index (χ1) is 28.1. The van der Waals surface area contributed by atoms with Gasteiger partial charge in [-0.05, 0) is 109 Å². The summed E-state index contributed by atoms with van der Waals surface area (Å²) in [5.41, 5.74) is -3.56. The van der Waals surface area contributed by atoms with E-state index in [1.54, 1.807) is 12.1 Å². The summed E-state index contributed by atoms with van der Waals surface area (Å²) in [5, 5.41) is 0. The zero-order chi connectivity index (χ0) is 44.1. The highest BCUT2D eigenvalue weighted by atomic mass is 19.4. The maximum Gasteiger partial charge on any atom is 0.432 e. The average Bonchev–Trinajstić information content (AvgIpc) is 3.54. The Hall–Kier alpha value is -3.64. The van der Waals surface area contributed by atoms with Crippen LogP contribution in [-0.2, 0) is 39.7 Å². The Morgan fingerprint density at radius 3 is 1.82 bits per heavy atom. The van der Waals surface area contributed by atoms with Crippen LogP contribution >= 0.6 is 0 Å². The van der Waals surface area contributed by atoms with E-state index in [-0.39, 0.29) is 51.5 Å². The fraction of sp³-hybridized carbons (Fsp3) is 0.625. The molecule has 6 nitrogen and oxygen atoms in total. The summed E-state index contributed by atoms with van der Waals surface area (Å²) in [5.74, 6) is -2.81. The summed E-state index contributed by atoms with van der Waals surface area (Å²) >= 11 is 0. The topological polar surface area (TPSA) is 71.1 Å². The van der Waals surface area contributed by atoms with E-state index in [0.29, 0.717) is 25.7 Å². The van der Waals surface area contributed by atoms with E-state index in [2.05, 4.69) is 26.8 Å². The van der Waals surface area contributed by atoms with E-state index in [0.717, 1.165) is 46.3 Å². The number of esters is 2. The van der Waals surface area contributed by atoms with Gasteiger partial charge in [-0.2, -0.15) is 26.3 Å². The molecule has 0 saturated heterocycles. The molecule has 0 aliphatic heterocycles. The van der Waals surface area contributed by atoms with Crippen LogP contribution in [0.15, 0.2) is 83.5 Å². The van der Waals surface area contributed by atoms with Crippen molar-refractivity contribution >= 4 is 11.9 Å². The lowest BCUT2D eigenvalue weighted by Gasteiger charge is -2.56. The number of alkyl halides is 6. The zero-order valence-electron chi connectivity index (χ0n) is 36.0. The summed E-state index contributed by atoms with van der Waals surface area (Å²) in [6.07, 6.45) is -3.33. The monoisotopic (exact) mass is 846 g/mol. The number of hydrogen-bond donors (Lipinski definition) is 0. The fourth-order valence-electron chi connectivity index (χ4n) is 11.9. The van der Waals surface area contributed by atoms with Crippen LogP contribution in [0, 0.1) is 40.4 Å². The molecule has 1 fully saturated rings. The van der Waals surface area contributed by atoms with Gasteiger partial charge in [0.15, 0.2) is 0 Å². The largest absolute Gasteiger partial charge is 0.460 e. The van der Waals surface area contributed by atoms with Crippen LogP contribution in [-0.4, -0.2) is 50.7 Å². The van der Waals surface area contributed by atoms with Gasteiger partial charge >= 0.3 is 24.3 Å². The third-order valence-corrected chi connectivity index (χ3v) is 14.9. The Kier molecular flexibility index (Phi) is 12.9. The number of ether oxygens (including phenoxy) is 4. The lowest BCUT2D eigenvalue weighted by Crippen LogP contribution is -2.54. The van der Waals surface area contributed by atoms with Gasteiger partial charge in [0.2, 0.25) is 0 Å². The van der Waals surface area contributed by atoms with Crippen LogP contribution in [0.2, 0.25) is 0 Å². The van der Waals surface area contributed by atoms with Gasteiger partial charge in [0.25, 0.3) is 11.2 Å². The number of fused-ring (bicyclic) bond motifs is 4. The molecule has 2 aromatic rings. The van der Waals surface area contributed by atoms with Crippen LogP contribution in [0.1, 0.15) is 110 Å². The number of halogens is 6. The fourth-order valence-corrected chi connectivity index (χ4v) is 11.9. The summed E-state index contributed by atoms with van der Waals surface area (Å²) in [4.78, 5) is 27.4. The van der Waals surface area contributed by atoms with Crippen molar-refractivity contribution in [2.24, 2.45) is 40.4 Å². The Balaban J connectivity index is 1.19. The van der Waals surface area contributed by atoms with Crippen molar-refractivity contribution in [3.63, 3.8) is 0 Å². The third-order valence-electron chi connectivity index (χ3n) is 14.9. The Labute approximate surface area is 350 Å². The third kappa shape index (κ3) is 7.64. The van der Waals surface area contributed by atoms with Gasteiger partial charge in [-0.25, -0.2) is 9.59 Å². The molecule has 0 heterocycles. The number of hydrogen-bond acceptors (Lipinski definition) is 6. The van der Waals surface area contributed by atoms with Gasteiger partial charge in [-0.1, -0.05) is 114 Å². The van der Waals surface area contributed by atoms with Crippen LogP contribution in [0.5, 0.6) is 0 Å². The molecule has 0 radical (unpaired) electrons. The molecule has 60 heavy (non-hydrogen) atoms. The first kappa shape index (κ1) is 45.9. The van der Waals surface area contributed by atoms with Gasteiger partial charge in [0.1, 0.15) is 12.2 Å². The van der Waals surface area contributed by atoms with Gasteiger partial charge in [-0.15, -0.1) is 0 Å². The Morgan fingerprint density at radius 1 is 0.750 bits per heavy atom. The predicted octanol–water partition coefficient (Wildman–Crippen LogP) is 12.0. The zero-order valence-corrected chi connectivity index (χ0v) is 36.0. The molecule has 10 atom stereocenters. The molecule has 0 unspecified atom stereocenters. The number of benzene rings is 2. The van der Waals surface area contributed by atoms with Gasteiger partial charge in [0, 0.05) is 25.3 Å². The molecular formula is C48H60F6O6. The minimum atomic E-state index is -5.07. The maximum atomic E-state index is 14.8. The van der Waals surface area contributed by atoms with Crippen LogP contribution in [0.25, 0.3) is 0 Å². The molecule has 0 amide bonds. The van der Waals surface area contributed by atoms with E-state index in [9.17, 15) is 35.9 Å². The quantitative estimate of drug-likeness (QED) is 0.148. The van der Waals surface area contributed by atoms with E-state index < -0.39 is 47.7 Å². The lowest BCUT2D eigenvalue weighted by atomic mass is 9.49. The number of methoxy groups -OCH3 is 2. The summed E-state index contributed by atoms with van der Waals surface area (Å²) in [7, 11) is 1.76. The van der Waals surface area contributed by atoms with Gasteiger partial charge < -0.3 is 18.9 Å². The van der Waals surface area contributed by atoms with Gasteiger partial charge in [-0.3, -0.25) is 0 Å². The average molecular weight is 847 g/mol. The second-order valence-electron chi connectivity index (χ2n) is 18.6. The molecule has 6 rings (SSSR count). The highest BCUT2D eigenvalue weighted by Crippen LogP contribution is 2.65. The van der Waals surface area contributed by atoms with Crippen molar-refractivity contribution in [3.05, 3.63) is 94.6 Å². The second-order valence-corrected chi connectivity index (χ2v) is 18.6. The normalized spacial score (nSPS) is 29.9. The molecule has 12 heteroatoms. The standard InChI is InChI=1S/C48H60F6O6/c1-29(2)27-34(59-41(55)45(57-7,47(49,50)51)32-15-11-9-12-16-32)28-30(3)36-21-22-38-35-19-20-37-31(4)40(24-26-44(37,6)39(35)23-25-43(36,38)5)60-42(56)46(58-8,48(52,53)54)33-17-13-10-14-18-33/h9-18,22,29-31,34,36-37,40H,19-21,23-28H2,1-8H3/t30-,31+,34+,36-,37+,40+,43-,44+,45-,46-/m1/s1. The van der Waals surface area contributed by atoms with Crippen molar-refractivity contribution in [1.82, 2.24) is 0 Å². The molecule has 2 aromatic carbocycles. The van der Waals surface area contributed by atoms with Crippen molar-refractivity contribution in [1.29, 1.82) is 0 Å². The SMILES string of the molecule is CO[C@@](C(=O)O[C@@H](CC(C)C)C[C@@H](C)[C@H]1CC=C2C3=C(CC[C@@]21C)[C@@]1(C)CC[C@H](OC(=O)[C@](OC)(c2ccccc2)C(F)(F)F)[C@@H](C)[C@@H]1CC3)(c1ccccc1)C(F)(F)F. The lowest BCUT2D eigenvalue weighted by molar-refractivity contribution is -0.280.